The first-order valence-electron chi connectivity index (χ1n) is 13.7. The molecule has 240 valence electrons. The quantitative estimate of drug-likeness (QED) is 0.0623. The third-order valence-corrected chi connectivity index (χ3v) is 8.07. The average molecular weight is 650 g/mol. The number of rotatable bonds is 12. The summed E-state index contributed by atoms with van der Waals surface area (Å²) in [7, 11) is -4.54. The van der Waals surface area contributed by atoms with Gasteiger partial charge in [-0.05, 0) is 35.7 Å². The van der Waals surface area contributed by atoms with E-state index < -0.39 is 63.7 Å². The van der Waals surface area contributed by atoms with Gasteiger partial charge in [0.05, 0.1) is 6.21 Å². The van der Waals surface area contributed by atoms with E-state index in [0.29, 0.717) is 27.3 Å². The number of hydrazone groups is 1. The molecule has 3 aromatic carbocycles. The van der Waals surface area contributed by atoms with Gasteiger partial charge >= 0.3 is 18.0 Å². The zero-order valence-electron chi connectivity index (χ0n) is 24.5. The molecule has 1 aliphatic rings. The lowest BCUT2D eigenvalue weighted by Gasteiger charge is -2.23. The van der Waals surface area contributed by atoms with Gasteiger partial charge in [-0.1, -0.05) is 72.8 Å². The number of nitrogens with two attached hydrogens (primary N) is 1. The van der Waals surface area contributed by atoms with Gasteiger partial charge in [0.25, 0.3) is 5.91 Å². The van der Waals surface area contributed by atoms with Crippen LogP contribution in [0.2, 0.25) is 0 Å². The highest BCUT2D eigenvalue weighted by atomic mass is 32.2. The molecule has 0 bridgehead atoms. The highest BCUT2D eigenvalue weighted by Gasteiger charge is 2.49. The van der Waals surface area contributed by atoms with E-state index in [1.807, 2.05) is 0 Å². The van der Waals surface area contributed by atoms with Crippen LogP contribution < -0.4 is 26.5 Å². The Morgan fingerprint density at radius 1 is 1.00 bits per heavy atom. The number of esters is 1. The first-order valence-corrected chi connectivity index (χ1v) is 15.4. The Balaban J connectivity index is 1.46. The Kier molecular flexibility index (Phi) is 10.3. The largest absolute Gasteiger partial charge is 0.459 e. The number of urea groups is 2. The molecule has 1 fully saturated rings. The highest BCUT2D eigenvalue weighted by molar-refractivity contribution is 7.90. The topological polar surface area (TPSA) is 218 Å². The van der Waals surface area contributed by atoms with Crippen LogP contribution in [0, 0.1) is 0 Å². The molecule has 1 heterocycles. The van der Waals surface area contributed by atoms with Gasteiger partial charge in [-0.25, -0.2) is 27.5 Å². The third-order valence-electron chi connectivity index (χ3n) is 6.80. The first kappa shape index (κ1) is 33.1. The molecule has 4 rings (SSSR count). The van der Waals surface area contributed by atoms with Crippen molar-refractivity contribution in [2.24, 2.45) is 10.9 Å². The van der Waals surface area contributed by atoms with Crippen molar-refractivity contribution < 1.29 is 37.1 Å². The van der Waals surface area contributed by atoms with Crippen LogP contribution in [0.5, 0.6) is 0 Å². The lowest BCUT2D eigenvalue weighted by molar-refractivity contribution is -0.148. The summed E-state index contributed by atoms with van der Waals surface area (Å²) >= 11 is 0. The third kappa shape index (κ3) is 8.44. The molecule has 0 spiro atoms. The number of para-hydroxylation sites is 1. The standard InChI is InChI=1S/C30H31N7O8S/c1-30(22-14-12-20(13-15-22)16-32-31)27(40)37(29(42)35-30)17-25(38)34-24(26(39)45-18-21-8-4-2-5-9-21)19-46(43,44)36-28(41)33-23-10-6-3-7-11-23/h2-16,24H,17-19,31H2,1H3,(H,34,38)(H,35,42)(H2,33,36,41)/b32-16+. The molecule has 6 amide bonds. The lowest BCUT2D eigenvalue weighted by Crippen LogP contribution is -2.52. The molecule has 2 atom stereocenters. The number of nitrogens with one attached hydrogen (secondary N) is 4. The minimum absolute atomic E-state index is 0.241. The van der Waals surface area contributed by atoms with Crippen molar-refractivity contribution in [3.8, 4) is 0 Å². The van der Waals surface area contributed by atoms with Crippen LogP contribution in [-0.4, -0.2) is 67.7 Å². The summed E-state index contributed by atoms with van der Waals surface area (Å²) in [6.07, 6.45) is 1.39. The Bertz CT molecular complexity index is 1740. The minimum Gasteiger partial charge on any atom is -0.459 e. The summed E-state index contributed by atoms with van der Waals surface area (Å²) in [6, 6.07) is 19.1. The molecule has 0 aromatic heterocycles. The zero-order valence-corrected chi connectivity index (χ0v) is 25.3. The monoisotopic (exact) mass is 649 g/mol. The molecular formula is C30H31N7O8S. The Morgan fingerprint density at radius 2 is 1.63 bits per heavy atom. The number of hydrogen-bond donors (Lipinski definition) is 5. The van der Waals surface area contributed by atoms with Crippen molar-refractivity contribution in [1.29, 1.82) is 0 Å². The molecule has 15 nitrogen and oxygen atoms in total. The molecule has 0 aliphatic carbocycles. The van der Waals surface area contributed by atoms with Gasteiger partial charge in [0.15, 0.2) is 0 Å². The number of amides is 6. The van der Waals surface area contributed by atoms with Crippen molar-refractivity contribution in [2.45, 2.75) is 25.1 Å². The second-order valence-corrected chi connectivity index (χ2v) is 12.0. The van der Waals surface area contributed by atoms with Gasteiger partial charge in [-0.15, -0.1) is 0 Å². The second-order valence-electron chi connectivity index (χ2n) is 10.3. The van der Waals surface area contributed by atoms with Crippen LogP contribution in [0.1, 0.15) is 23.6 Å². The maximum Gasteiger partial charge on any atom is 0.332 e. The van der Waals surface area contributed by atoms with Crippen molar-refractivity contribution in [1.82, 2.24) is 20.3 Å². The van der Waals surface area contributed by atoms with Crippen molar-refractivity contribution in [2.75, 3.05) is 17.6 Å². The number of nitrogens with zero attached hydrogens (tertiary/aromatic N) is 2. The number of carbonyl (C=O) groups excluding carboxylic acids is 5. The Morgan fingerprint density at radius 3 is 2.26 bits per heavy atom. The molecular weight excluding hydrogens is 618 g/mol. The van der Waals surface area contributed by atoms with Crippen molar-refractivity contribution in [3.05, 3.63) is 102 Å². The highest BCUT2D eigenvalue weighted by Crippen LogP contribution is 2.28. The molecule has 3 aromatic rings. The predicted octanol–water partition coefficient (Wildman–Crippen LogP) is 1.13. The smallest absolute Gasteiger partial charge is 0.332 e. The number of anilines is 1. The van der Waals surface area contributed by atoms with E-state index >= 15 is 0 Å². The van der Waals surface area contributed by atoms with Gasteiger partial charge in [0.2, 0.25) is 15.9 Å². The molecule has 6 N–H and O–H groups in total. The van der Waals surface area contributed by atoms with Crippen LogP contribution in [0.3, 0.4) is 0 Å². The van der Waals surface area contributed by atoms with Crippen LogP contribution in [0.15, 0.2) is 90.0 Å². The number of imide groups is 1. The van der Waals surface area contributed by atoms with Crippen LogP contribution >= 0.6 is 0 Å². The predicted molar refractivity (Wildman–Crippen MR) is 166 cm³/mol. The molecule has 46 heavy (non-hydrogen) atoms. The van der Waals surface area contributed by atoms with E-state index in [2.05, 4.69) is 21.1 Å². The van der Waals surface area contributed by atoms with E-state index in [9.17, 15) is 32.4 Å². The zero-order chi connectivity index (χ0) is 33.3. The van der Waals surface area contributed by atoms with Crippen molar-refractivity contribution >= 4 is 51.8 Å². The number of carbonyl (C=O) groups is 5. The summed E-state index contributed by atoms with van der Waals surface area (Å²) in [5, 5.41) is 10.6. The van der Waals surface area contributed by atoms with E-state index in [1.54, 1.807) is 77.5 Å². The second kappa shape index (κ2) is 14.3. The number of sulfonamides is 1. The summed E-state index contributed by atoms with van der Waals surface area (Å²) in [6.45, 7) is 0.373. The van der Waals surface area contributed by atoms with E-state index in [-0.39, 0.29) is 6.61 Å². The Hall–Kier alpha value is -5.77. The SMILES string of the molecule is CC1(c2ccc(/C=N/N)cc2)NC(=O)N(CC(=O)NC(CS(=O)(=O)NC(=O)Nc2ccccc2)C(=O)OCc2ccccc2)C1=O. The molecule has 2 unspecified atom stereocenters. The molecule has 0 saturated carbocycles. The maximum absolute atomic E-state index is 13.3. The fraction of sp³-hybridized carbons (Fsp3) is 0.200. The molecule has 1 aliphatic heterocycles. The van der Waals surface area contributed by atoms with E-state index in [0.717, 1.165) is 0 Å². The van der Waals surface area contributed by atoms with Gasteiger partial charge in [-0.2, -0.15) is 5.10 Å². The van der Waals surface area contributed by atoms with Gasteiger partial charge < -0.3 is 26.5 Å². The molecule has 0 radical (unpaired) electrons. The fourth-order valence-electron chi connectivity index (χ4n) is 4.49. The lowest BCUT2D eigenvalue weighted by atomic mass is 9.91. The van der Waals surface area contributed by atoms with Crippen LogP contribution in [0.25, 0.3) is 0 Å². The van der Waals surface area contributed by atoms with E-state index in [1.165, 1.54) is 25.3 Å². The van der Waals surface area contributed by atoms with Gasteiger partial charge in [-0.3, -0.25) is 14.5 Å². The average Bonchev–Trinajstić information content (AvgIpc) is 3.24. The summed E-state index contributed by atoms with van der Waals surface area (Å²) in [5.74, 6) is 1.14. The normalized spacial score (nSPS) is 16.8. The molecule has 16 heteroatoms. The summed E-state index contributed by atoms with van der Waals surface area (Å²) < 4.78 is 32.8. The minimum atomic E-state index is -4.54. The van der Waals surface area contributed by atoms with Crippen molar-refractivity contribution in [3.63, 3.8) is 0 Å². The number of ether oxygens (including phenoxy) is 1. The number of benzene rings is 3. The fourth-order valence-corrected chi connectivity index (χ4v) is 5.56. The Labute approximate surface area is 264 Å². The van der Waals surface area contributed by atoms with Gasteiger partial charge in [0.1, 0.15) is 30.5 Å². The van der Waals surface area contributed by atoms with Crippen LogP contribution in [0.4, 0.5) is 15.3 Å². The summed E-state index contributed by atoms with van der Waals surface area (Å²) in [4.78, 5) is 65.2. The first-order chi connectivity index (χ1) is 21.9. The van der Waals surface area contributed by atoms with E-state index in [4.69, 9.17) is 10.6 Å². The molecule has 1 saturated heterocycles. The van der Waals surface area contributed by atoms with Crippen LogP contribution in [-0.2, 0) is 41.3 Å². The summed E-state index contributed by atoms with van der Waals surface area (Å²) in [5.41, 5.74) is 0.434. The van der Waals surface area contributed by atoms with Gasteiger partial charge in [0, 0.05) is 5.69 Å². The number of hydrogen-bond acceptors (Lipinski definition) is 10. The maximum atomic E-state index is 13.3.